The monoisotopic (exact) mass is 310 g/mol. The molecule has 3 nitrogen and oxygen atoms in total. The first kappa shape index (κ1) is 13.5. The zero-order chi connectivity index (χ0) is 13.1. The van der Waals surface area contributed by atoms with Crippen molar-refractivity contribution in [2.24, 2.45) is 11.8 Å². The highest BCUT2D eigenvalue weighted by atomic mass is 79.9. The van der Waals surface area contributed by atoms with Crippen LogP contribution in [0.1, 0.15) is 43.6 Å². The van der Waals surface area contributed by atoms with Crippen LogP contribution in [0.5, 0.6) is 0 Å². The van der Waals surface area contributed by atoms with Crippen LogP contribution in [-0.2, 0) is 0 Å². The van der Waals surface area contributed by atoms with Crippen molar-refractivity contribution in [2.45, 2.75) is 39.2 Å². The first-order valence-electron chi connectivity index (χ1n) is 6.49. The Morgan fingerprint density at radius 2 is 2.17 bits per heavy atom. The maximum Gasteiger partial charge on any atom is 0.270 e. The molecule has 0 bridgehead atoms. The lowest BCUT2D eigenvalue weighted by atomic mass is 9.80. The van der Waals surface area contributed by atoms with Gasteiger partial charge >= 0.3 is 0 Å². The van der Waals surface area contributed by atoms with Gasteiger partial charge in [0.1, 0.15) is 10.3 Å². The minimum Gasteiger partial charge on any atom is -0.348 e. The van der Waals surface area contributed by atoms with Crippen molar-refractivity contribution in [3.05, 3.63) is 28.5 Å². The average molecular weight is 311 g/mol. The molecule has 3 atom stereocenters. The van der Waals surface area contributed by atoms with Crippen LogP contribution in [-0.4, -0.2) is 16.9 Å². The molecule has 1 aromatic rings. The highest BCUT2D eigenvalue weighted by Crippen LogP contribution is 2.28. The highest BCUT2D eigenvalue weighted by Gasteiger charge is 2.26. The molecule has 2 rings (SSSR count). The summed E-state index contributed by atoms with van der Waals surface area (Å²) < 4.78 is 0.695. The normalized spacial score (nSPS) is 27.8. The van der Waals surface area contributed by atoms with Gasteiger partial charge < -0.3 is 5.32 Å². The molecule has 18 heavy (non-hydrogen) atoms. The standard InChI is InChI=1S/C14H19BrN2O/c1-9-6-7-11(10(2)8-9)17-14(18)12-4-3-5-13(15)16-12/h3-5,9-11H,6-8H2,1-2H3,(H,17,18). The fourth-order valence-electron chi connectivity index (χ4n) is 2.66. The summed E-state index contributed by atoms with van der Waals surface area (Å²) in [6.07, 6.45) is 3.46. The average Bonchev–Trinajstić information content (AvgIpc) is 2.32. The smallest absolute Gasteiger partial charge is 0.270 e. The molecule has 0 saturated heterocycles. The Labute approximate surface area is 117 Å². The van der Waals surface area contributed by atoms with Gasteiger partial charge in [-0.1, -0.05) is 19.9 Å². The van der Waals surface area contributed by atoms with Crippen LogP contribution in [0.4, 0.5) is 0 Å². The molecule has 0 aromatic carbocycles. The molecular formula is C14H19BrN2O. The van der Waals surface area contributed by atoms with E-state index in [4.69, 9.17) is 0 Å². The zero-order valence-electron chi connectivity index (χ0n) is 10.8. The number of halogens is 1. The molecule has 4 heteroatoms. The van der Waals surface area contributed by atoms with Gasteiger partial charge in [0, 0.05) is 6.04 Å². The van der Waals surface area contributed by atoms with E-state index in [0.29, 0.717) is 16.2 Å². The van der Waals surface area contributed by atoms with Crippen LogP contribution < -0.4 is 5.32 Å². The van der Waals surface area contributed by atoms with Crippen molar-refractivity contribution in [2.75, 3.05) is 0 Å². The molecule has 1 aliphatic rings. The number of aromatic nitrogens is 1. The van der Waals surface area contributed by atoms with Crippen molar-refractivity contribution in [3.63, 3.8) is 0 Å². The molecule has 3 unspecified atom stereocenters. The van der Waals surface area contributed by atoms with Crippen LogP contribution in [0.2, 0.25) is 0 Å². The first-order chi connectivity index (χ1) is 8.56. The molecule has 1 saturated carbocycles. The lowest BCUT2D eigenvalue weighted by molar-refractivity contribution is 0.0894. The van der Waals surface area contributed by atoms with E-state index in [0.717, 1.165) is 12.3 Å². The van der Waals surface area contributed by atoms with Gasteiger partial charge in [-0.2, -0.15) is 0 Å². The van der Waals surface area contributed by atoms with Crippen molar-refractivity contribution in [1.29, 1.82) is 0 Å². The summed E-state index contributed by atoms with van der Waals surface area (Å²) in [7, 11) is 0. The second kappa shape index (κ2) is 5.83. The van der Waals surface area contributed by atoms with E-state index in [1.807, 2.05) is 12.1 Å². The quantitative estimate of drug-likeness (QED) is 0.851. The van der Waals surface area contributed by atoms with Crippen LogP contribution in [0.3, 0.4) is 0 Å². The van der Waals surface area contributed by atoms with Gasteiger partial charge in [0.2, 0.25) is 0 Å². The fraction of sp³-hybridized carbons (Fsp3) is 0.571. The van der Waals surface area contributed by atoms with E-state index in [9.17, 15) is 4.79 Å². The Morgan fingerprint density at radius 1 is 1.39 bits per heavy atom. The van der Waals surface area contributed by atoms with Gasteiger partial charge in [0.05, 0.1) is 0 Å². The maximum absolute atomic E-state index is 12.1. The fourth-order valence-corrected chi connectivity index (χ4v) is 3.00. The highest BCUT2D eigenvalue weighted by molar-refractivity contribution is 9.10. The SMILES string of the molecule is CC1CCC(NC(=O)c2cccc(Br)n2)C(C)C1. The van der Waals surface area contributed by atoms with E-state index in [-0.39, 0.29) is 11.9 Å². The molecule has 1 fully saturated rings. The van der Waals surface area contributed by atoms with Crippen LogP contribution in [0, 0.1) is 11.8 Å². The molecule has 0 aliphatic heterocycles. The molecule has 1 amide bonds. The summed E-state index contributed by atoms with van der Waals surface area (Å²) in [5.41, 5.74) is 0.482. The number of nitrogens with zero attached hydrogens (tertiary/aromatic N) is 1. The number of hydrogen-bond acceptors (Lipinski definition) is 2. The Kier molecular flexibility index (Phi) is 4.38. The minimum atomic E-state index is -0.0669. The lowest BCUT2D eigenvalue weighted by Gasteiger charge is -2.33. The predicted molar refractivity (Wildman–Crippen MR) is 75.4 cm³/mol. The summed E-state index contributed by atoms with van der Waals surface area (Å²) >= 11 is 3.28. The summed E-state index contributed by atoms with van der Waals surface area (Å²) in [6, 6.07) is 5.69. The number of nitrogens with one attached hydrogen (secondary N) is 1. The van der Waals surface area contributed by atoms with Gasteiger partial charge in [-0.05, 0) is 59.2 Å². The number of amides is 1. The Hall–Kier alpha value is -0.900. The number of carbonyl (C=O) groups excluding carboxylic acids is 1. The number of rotatable bonds is 2. The summed E-state index contributed by atoms with van der Waals surface area (Å²) in [5.74, 6) is 1.25. The van der Waals surface area contributed by atoms with Gasteiger partial charge in [0.25, 0.3) is 5.91 Å². The molecule has 1 N–H and O–H groups in total. The second-order valence-electron chi connectivity index (χ2n) is 5.32. The van der Waals surface area contributed by atoms with Crippen LogP contribution >= 0.6 is 15.9 Å². The second-order valence-corrected chi connectivity index (χ2v) is 6.13. The van der Waals surface area contributed by atoms with E-state index < -0.39 is 0 Å². The van der Waals surface area contributed by atoms with Crippen LogP contribution in [0.15, 0.2) is 22.8 Å². The summed E-state index contributed by atoms with van der Waals surface area (Å²) in [5, 5.41) is 3.11. The van der Waals surface area contributed by atoms with Crippen molar-refractivity contribution < 1.29 is 4.79 Å². The summed E-state index contributed by atoms with van der Waals surface area (Å²) in [4.78, 5) is 16.3. The number of hydrogen-bond donors (Lipinski definition) is 1. The first-order valence-corrected chi connectivity index (χ1v) is 7.29. The molecule has 1 aromatic heterocycles. The summed E-state index contributed by atoms with van der Waals surface area (Å²) in [6.45, 7) is 4.50. The van der Waals surface area contributed by atoms with Crippen molar-refractivity contribution >= 4 is 21.8 Å². The third-order valence-corrected chi connectivity index (χ3v) is 4.14. The molecule has 1 aliphatic carbocycles. The third-order valence-electron chi connectivity index (χ3n) is 3.70. The number of pyridine rings is 1. The molecule has 98 valence electrons. The topological polar surface area (TPSA) is 42.0 Å². The molecular weight excluding hydrogens is 292 g/mol. The largest absolute Gasteiger partial charge is 0.348 e. The van der Waals surface area contributed by atoms with Crippen molar-refractivity contribution in [1.82, 2.24) is 10.3 Å². The Morgan fingerprint density at radius 3 is 2.83 bits per heavy atom. The van der Waals surface area contributed by atoms with E-state index in [1.54, 1.807) is 6.07 Å². The third kappa shape index (κ3) is 3.31. The van der Waals surface area contributed by atoms with Gasteiger partial charge in [-0.25, -0.2) is 4.98 Å². The predicted octanol–water partition coefficient (Wildman–Crippen LogP) is 3.40. The Bertz CT molecular complexity index is 436. The molecule has 0 radical (unpaired) electrons. The zero-order valence-corrected chi connectivity index (χ0v) is 12.4. The van der Waals surface area contributed by atoms with E-state index >= 15 is 0 Å². The molecule has 0 spiro atoms. The Balaban J connectivity index is 1.99. The van der Waals surface area contributed by atoms with Crippen molar-refractivity contribution in [3.8, 4) is 0 Å². The van der Waals surface area contributed by atoms with E-state index in [1.165, 1.54) is 12.8 Å². The van der Waals surface area contributed by atoms with E-state index in [2.05, 4.69) is 40.1 Å². The maximum atomic E-state index is 12.1. The lowest BCUT2D eigenvalue weighted by Crippen LogP contribution is -2.42. The van der Waals surface area contributed by atoms with Gasteiger partial charge in [-0.3, -0.25) is 4.79 Å². The minimum absolute atomic E-state index is 0.0669. The number of carbonyl (C=O) groups is 1. The van der Waals surface area contributed by atoms with Gasteiger partial charge in [0.15, 0.2) is 0 Å². The molecule has 1 heterocycles. The van der Waals surface area contributed by atoms with Crippen LogP contribution in [0.25, 0.3) is 0 Å². The van der Waals surface area contributed by atoms with Gasteiger partial charge in [-0.15, -0.1) is 0 Å².